The second-order valence-corrected chi connectivity index (χ2v) is 7.06. The van der Waals surface area contributed by atoms with E-state index in [-0.39, 0.29) is 11.5 Å². The Kier molecular flexibility index (Phi) is 4.91. The normalized spacial score (nSPS) is 11.4. The molecular weight excluding hydrogens is 284 g/mol. The van der Waals surface area contributed by atoms with Gasteiger partial charge >= 0.3 is 0 Å². The van der Waals surface area contributed by atoms with E-state index in [2.05, 4.69) is 6.58 Å². The van der Waals surface area contributed by atoms with Gasteiger partial charge in [0.2, 0.25) is 0 Å². The molecule has 0 aromatic heterocycles. The van der Waals surface area contributed by atoms with Crippen LogP contribution in [0.15, 0.2) is 60.0 Å². The number of carbonyl (C=O) groups excluding carboxylic acids is 1. The number of allylic oxidation sites excluding steroid dienone is 1. The van der Waals surface area contributed by atoms with Gasteiger partial charge in [-0.15, -0.1) is 0 Å². The third-order valence-electron chi connectivity index (χ3n) is 3.39. The molecule has 0 fully saturated rings. The molecule has 0 atom stereocenters. The molecule has 0 amide bonds. The highest BCUT2D eigenvalue weighted by atomic mass is 32.2. The topological polar surface area (TPSA) is 51.2 Å². The van der Waals surface area contributed by atoms with Gasteiger partial charge < -0.3 is 0 Å². The number of sulfone groups is 1. The predicted molar refractivity (Wildman–Crippen MR) is 85.1 cm³/mol. The maximum Gasteiger partial charge on any atom is 0.178 e. The minimum atomic E-state index is -3.29. The third-order valence-corrected chi connectivity index (χ3v) is 5.19. The molecule has 0 N–H and O–H groups in total. The fourth-order valence-corrected chi connectivity index (χ4v) is 3.57. The molecule has 0 aliphatic carbocycles. The van der Waals surface area contributed by atoms with Gasteiger partial charge in [0, 0.05) is 6.42 Å². The van der Waals surface area contributed by atoms with Crippen molar-refractivity contribution in [2.45, 2.75) is 24.2 Å². The van der Waals surface area contributed by atoms with E-state index in [1.54, 1.807) is 12.1 Å². The predicted octanol–water partition coefficient (Wildman–Crippen LogP) is 3.54. The first-order chi connectivity index (χ1) is 10.0. The summed E-state index contributed by atoms with van der Waals surface area (Å²) in [4.78, 5) is 11.4. The van der Waals surface area contributed by atoms with E-state index >= 15 is 0 Å². The first kappa shape index (κ1) is 15.4. The maximum absolute atomic E-state index is 12.3. The van der Waals surface area contributed by atoms with Crippen molar-refractivity contribution in [3.63, 3.8) is 0 Å². The van der Waals surface area contributed by atoms with Crippen LogP contribution in [-0.4, -0.2) is 20.0 Å². The van der Waals surface area contributed by atoms with E-state index in [4.69, 9.17) is 0 Å². The minimum Gasteiger partial charge on any atom is -0.295 e. The summed E-state index contributed by atoms with van der Waals surface area (Å²) in [5, 5.41) is 1.94. The Morgan fingerprint density at radius 2 is 1.76 bits per heavy atom. The van der Waals surface area contributed by atoms with E-state index in [9.17, 15) is 13.2 Å². The maximum atomic E-state index is 12.3. The van der Waals surface area contributed by atoms with Crippen molar-refractivity contribution in [2.24, 2.45) is 0 Å². The zero-order chi connectivity index (χ0) is 15.3. The smallest absolute Gasteiger partial charge is 0.178 e. The first-order valence-corrected chi connectivity index (χ1v) is 8.55. The number of benzene rings is 2. The van der Waals surface area contributed by atoms with Gasteiger partial charge in [0.05, 0.1) is 10.6 Å². The average Bonchev–Trinajstić information content (AvgIpc) is 2.50. The summed E-state index contributed by atoms with van der Waals surface area (Å²) in [6, 6.07) is 12.8. The van der Waals surface area contributed by atoms with Gasteiger partial charge in [-0.2, -0.15) is 0 Å². The van der Waals surface area contributed by atoms with E-state index < -0.39 is 9.84 Å². The zero-order valence-corrected chi connectivity index (χ0v) is 12.6. The molecule has 110 valence electrons. The summed E-state index contributed by atoms with van der Waals surface area (Å²) in [6.45, 7) is 3.40. The van der Waals surface area contributed by atoms with Crippen LogP contribution in [0.2, 0.25) is 0 Å². The molecule has 4 heteroatoms. The lowest BCUT2D eigenvalue weighted by atomic mass is 10.1. The van der Waals surface area contributed by atoms with Crippen molar-refractivity contribution in [1.82, 2.24) is 0 Å². The highest BCUT2D eigenvalue weighted by molar-refractivity contribution is 7.91. The number of unbranched alkanes of at least 4 members (excludes halogenated alkanes) is 1. The van der Waals surface area contributed by atoms with Crippen LogP contribution in [0.4, 0.5) is 0 Å². The summed E-state index contributed by atoms with van der Waals surface area (Å²) in [5.74, 6) is 0.0218. The van der Waals surface area contributed by atoms with Gasteiger partial charge in [-0.3, -0.25) is 4.79 Å². The largest absolute Gasteiger partial charge is 0.295 e. The van der Waals surface area contributed by atoms with Gasteiger partial charge in [-0.25, -0.2) is 8.42 Å². The lowest BCUT2D eigenvalue weighted by Crippen LogP contribution is -2.07. The molecule has 0 aliphatic heterocycles. The molecule has 0 saturated heterocycles. The van der Waals surface area contributed by atoms with Crippen LogP contribution >= 0.6 is 0 Å². The summed E-state index contributed by atoms with van der Waals surface area (Å²) < 4.78 is 24.6. The summed E-state index contributed by atoms with van der Waals surface area (Å²) in [5.41, 5.74) is 0. The van der Waals surface area contributed by atoms with Crippen LogP contribution in [0.5, 0.6) is 0 Å². The van der Waals surface area contributed by atoms with Crippen LogP contribution < -0.4 is 0 Å². The second-order valence-electron chi connectivity index (χ2n) is 4.96. The molecule has 2 aromatic rings. The van der Waals surface area contributed by atoms with Gasteiger partial charge in [-0.1, -0.05) is 36.9 Å². The van der Waals surface area contributed by atoms with Crippen molar-refractivity contribution >= 4 is 26.4 Å². The second kappa shape index (κ2) is 6.68. The Balaban J connectivity index is 2.07. The molecule has 0 unspecified atom stereocenters. The van der Waals surface area contributed by atoms with Gasteiger partial charge in [0.15, 0.2) is 15.6 Å². The summed E-state index contributed by atoms with van der Waals surface area (Å²) >= 11 is 0. The number of hydrogen-bond acceptors (Lipinski definition) is 3. The molecule has 2 rings (SSSR count). The zero-order valence-electron chi connectivity index (χ0n) is 11.8. The molecule has 21 heavy (non-hydrogen) atoms. The molecule has 0 heterocycles. The number of rotatable bonds is 7. The highest BCUT2D eigenvalue weighted by Gasteiger charge is 2.14. The van der Waals surface area contributed by atoms with Crippen molar-refractivity contribution in [1.29, 1.82) is 0 Å². The molecule has 0 aliphatic rings. The van der Waals surface area contributed by atoms with Crippen molar-refractivity contribution < 1.29 is 13.2 Å². The SMILES string of the molecule is C=CC(=O)CCCCS(=O)(=O)c1ccc2ccccc2c1. The van der Waals surface area contributed by atoms with E-state index in [1.165, 1.54) is 6.08 Å². The van der Waals surface area contributed by atoms with E-state index in [0.29, 0.717) is 24.2 Å². The molecule has 0 radical (unpaired) electrons. The number of hydrogen-bond donors (Lipinski definition) is 0. The van der Waals surface area contributed by atoms with Gasteiger partial charge in [0.25, 0.3) is 0 Å². The Labute approximate surface area is 125 Å². The molecule has 3 nitrogen and oxygen atoms in total. The van der Waals surface area contributed by atoms with Crippen LogP contribution in [0, 0.1) is 0 Å². The highest BCUT2D eigenvalue weighted by Crippen LogP contribution is 2.20. The van der Waals surface area contributed by atoms with E-state index in [0.717, 1.165) is 10.8 Å². The van der Waals surface area contributed by atoms with Crippen LogP contribution in [-0.2, 0) is 14.6 Å². The molecule has 0 bridgehead atoms. The summed E-state index contributed by atoms with van der Waals surface area (Å²) in [7, 11) is -3.29. The lowest BCUT2D eigenvalue weighted by Gasteiger charge is -2.06. The quantitative estimate of drug-likeness (QED) is 0.580. The summed E-state index contributed by atoms with van der Waals surface area (Å²) in [6.07, 6.45) is 2.68. The van der Waals surface area contributed by atoms with E-state index in [1.807, 2.05) is 30.3 Å². The van der Waals surface area contributed by atoms with Crippen LogP contribution in [0.25, 0.3) is 10.8 Å². The third kappa shape index (κ3) is 4.02. The molecule has 0 saturated carbocycles. The van der Waals surface area contributed by atoms with Crippen LogP contribution in [0.3, 0.4) is 0 Å². The lowest BCUT2D eigenvalue weighted by molar-refractivity contribution is -0.114. The molecular formula is C17H18O3S. The van der Waals surface area contributed by atoms with Crippen LogP contribution in [0.1, 0.15) is 19.3 Å². The molecule has 0 spiro atoms. The number of carbonyl (C=O) groups is 1. The monoisotopic (exact) mass is 302 g/mol. The fourth-order valence-electron chi connectivity index (χ4n) is 2.17. The van der Waals surface area contributed by atoms with Crippen molar-refractivity contribution in [3.05, 3.63) is 55.1 Å². The number of ketones is 1. The average molecular weight is 302 g/mol. The Morgan fingerprint density at radius 1 is 1.05 bits per heavy atom. The Morgan fingerprint density at radius 3 is 2.48 bits per heavy atom. The fraction of sp³-hybridized carbons (Fsp3) is 0.235. The number of fused-ring (bicyclic) bond motifs is 1. The van der Waals surface area contributed by atoms with Gasteiger partial charge in [-0.05, 0) is 41.8 Å². The molecule has 2 aromatic carbocycles. The Hall–Kier alpha value is -1.94. The minimum absolute atomic E-state index is 0.0434. The Bertz CT molecular complexity index is 760. The standard InChI is InChI=1S/C17H18O3S/c1-2-16(18)9-5-6-12-21(19,20)17-11-10-14-7-3-4-8-15(14)13-17/h2-4,7-8,10-11,13H,1,5-6,9,12H2. The van der Waals surface area contributed by atoms with Gasteiger partial charge in [0.1, 0.15) is 0 Å². The van der Waals surface area contributed by atoms with Crippen molar-refractivity contribution in [2.75, 3.05) is 5.75 Å². The van der Waals surface area contributed by atoms with Crippen molar-refractivity contribution in [3.8, 4) is 0 Å². The first-order valence-electron chi connectivity index (χ1n) is 6.90.